The monoisotopic (exact) mass is 373 g/mol. The zero-order chi connectivity index (χ0) is 19.6. The van der Waals surface area contributed by atoms with Gasteiger partial charge in [0.2, 0.25) is 17.7 Å². The average molecular weight is 373 g/mol. The number of benzene rings is 1. The van der Waals surface area contributed by atoms with Crippen molar-refractivity contribution < 1.29 is 23.9 Å². The minimum atomic E-state index is -0.691. The molecule has 0 aromatic heterocycles. The molecular formula is C19H23N3O5. The predicted octanol–water partition coefficient (Wildman–Crippen LogP) is 0.649. The maximum Gasteiger partial charge on any atom is 0.311 e. The third-order valence-corrected chi connectivity index (χ3v) is 5.15. The molecule has 2 aliphatic heterocycles. The maximum atomic E-state index is 12.8. The summed E-state index contributed by atoms with van der Waals surface area (Å²) in [7, 11) is 1.25. The highest BCUT2D eigenvalue weighted by molar-refractivity contribution is 5.92. The zero-order valence-corrected chi connectivity index (χ0v) is 15.4. The number of ether oxygens (including phenoxy) is 1. The number of carbonyl (C=O) groups excluding carboxylic acids is 4. The number of hydrazine groups is 1. The van der Waals surface area contributed by atoms with E-state index >= 15 is 0 Å². The van der Waals surface area contributed by atoms with Gasteiger partial charge in [-0.05, 0) is 12.5 Å². The average Bonchev–Trinajstić information content (AvgIpc) is 3.07. The van der Waals surface area contributed by atoms with Crippen LogP contribution in [-0.2, 0) is 23.9 Å². The van der Waals surface area contributed by atoms with Crippen molar-refractivity contribution in [2.75, 3.05) is 20.2 Å². The zero-order valence-electron chi connectivity index (χ0n) is 15.4. The lowest BCUT2D eigenvalue weighted by Crippen LogP contribution is -2.56. The van der Waals surface area contributed by atoms with Crippen molar-refractivity contribution in [3.8, 4) is 0 Å². The van der Waals surface area contributed by atoms with E-state index < -0.39 is 23.7 Å². The predicted molar refractivity (Wildman–Crippen MR) is 94.7 cm³/mol. The molecule has 1 N–H and O–H groups in total. The number of hydrogen-bond acceptors (Lipinski definition) is 5. The van der Waals surface area contributed by atoms with E-state index in [0.717, 1.165) is 10.6 Å². The van der Waals surface area contributed by atoms with Gasteiger partial charge in [-0.3, -0.25) is 29.6 Å². The first-order valence-electron chi connectivity index (χ1n) is 8.93. The van der Waals surface area contributed by atoms with Gasteiger partial charge in [0.05, 0.1) is 31.5 Å². The highest BCUT2D eigenvalue weighted by Crippen LogP contribution is 2.29. The van der Waals surface area contributed by atoms with Gasteiger partial charge in [-0.25, -0.2) is 0 Å². The van der Waals surface area contributed by atoms with Crippen LogP contribution in [0, 0.1) is 11.8 Å². The van der Waals surface area contributed by atoms with Crippen LogP contribution in [0.2, 0.25) is 0 Å². The summed E-state index contributed by atoms with van der Waals surface area (Å²) in [5.41, 5.74) is 3.50. The second-order valence-electron chi connectivity index (χ2n) is 6.94. The Kier molecular flexibility index (Phi) is 5.43. The molecule has 0 spiro atoms. The van der Waals surface area contributed by atoms with Crippen LogP contribution >= 0.6 is 0 Å². The number of likely N-dealkylation sites (tertiary alicyclic amines) is 1. The van der Waals surface area contributed by atoms with E-state index in [-0.39, 0.29) is 43.8 Å². The molecule has 1 aromatic carbocycles. The molecule has 144 valence electrons. The number of hydrogen-bond donors (Lipinski definition) is 1. The minimum absolute atomic E-state index is 0.0166. The van der Waals surface area contributed by atoms with Crippen LogP contribution in [0.3, 0.4) is 0 Å². The standard InChI is InChI=1S/C19H23N3O5/c1-12(13-6-4-3-5-7-13)21-10-14(9-17(21)24)18(25)22-11-15(19(26)27-2)8-16(23)20-22/h3-7,12,14-15H,8-11H2,1-2H3,(H,20,23). The van der Waals surface area contributed by atoms with Gasteiger partial charge in [0.15, 0.2) is 0 Å². The summed E-state index contributed by atoms with van der Waals surface area (Å²) in [6, 6.07) is 9.47. The van der Waals surface area contributed by atoms with Crippen molar-refractivity contribution >= 4 is 23.7 Å². The highest BCUT2D eigenvalue weighted by Gasteiger charge is 2.41. The highest BCUT2D eigenvalue weighted by atomic mass is 16.5. The van der Waals surface area contributed by atoms with E-state index in [4.69, 9.17) is 0 Å². The SMILES string of the molecule is COC(=O)C1CC(=O)NN(C(=O)C2CC(=O)N(C(C)c3ccccc3)C2)C1. The van der Waals surface area contributed by atoms with Gasteiger partial charge in [0.25, 0.3) is 0 Å². The first kappa shape index (κ1) is 18.9. The van der Waals surface area contributed by atoms with Crippen molar-refractivity contribution in [3.63, 3.8) is 0 Å². The van der Waals surface area contributed by atoms with E-state index in [0.29, 0.717) is 0 Å². The summed E-state index contributed by atoms with van der Waals surface area (Å²) < 4.78 is 4.69. The molecule has 3 amide bonds. The molecule has 3 unspecified atom stereocenters. The Balaban J connectivity index is 1.68. The van der Waals surface area contributed by atoms with Crippen LogP contribution in [0.1, 0.15) is 31.4 Å². The summed E-state index contributed by atoms with van der Waals surface area (Å²) in [6.45, 7) is 2.26. The van der Waals surface area contributed by atoms with E-state index in [9.17, 15) is 19.2 Å². The number of amides is 3. The van der Waals surface area contributed by atoms with Crippen LogP contribution in [0.4, 0.5) is 0 Å². The maximum absolute atomic E-state index is 12.8. The van der Waals surface area contributed by atoms with Crippen LogP contribution < -0.4 is 5.43 Å². The Bertz CT molecular complexity index is 751. The number of methoxy groups -OCH3 is 1. The van der Waals surface area contributed by atoms with Crippen molar-refractivity contribution in [2.45, 2.75) is 25.8 Å². The lowest BCUT2D eigenvalue weighted by molar-refractivity contribution is -0.158. The van der Waals surface area contributed by atoms with Crippen LogP contribution in [0.25, 0.3) is 0 Å². The number of carbonyl (C=O) groups is 4. The lowest BCUT2D eigenvalue weighted by atomic mass is 10.0. The Hall–Kier alpha value is -2.90. The van der Waals surface area contributed by atoms with Crippen molar-refractivity contribution in [1.29, 1.82) is 0 Å². The van der Waals surface area contributed by atoms with Gasteiger partial charge in [0.1, 0.15) is 0 Å². The molecule has 2 heterocycles. The molecule has 0 saturated carbocycles. The molecule has 3 atom stereocenters. The first-order valence-corrected chi connectivity index (χ1v) is 8.93. The third kappa shape index (κ3) is 3.94. The second-order valence-corrected chi connectivity index (χ2v) is 6.94. The van der Waals surface area contributed by atoms with Crippen molar-refractivity contribution in [2.24, 2.45) is 11.8 Å². The number of esters is 1. The molecular weight excluding hydrogens is 350 g/mol. The summed E-state index contributed by atoms with van der Waals surface area (Å²) in [6.07, 6.45) is 0.0719. The van der Waals surface area contributed by atoms with Gasteiger partial charge < -0.3 is 9.64 Å². The number of nitrogens with one attached hydrogen (secondary N) is 1. The Morgan fingerprint density at radius 1 is 1.11 bits per heavy atom. The largest absolute Gasteiger partial charge is 0.469 e. The molecule has 8 heteroatoms. The molecule has 2 saturated heterocycles. The Labute approximate surface area is 157 Å². The quantitative estimate of drug-likeness (QED) is 0.782. The summed E-state index contributed by atoms with van der Waals surface area (Å²) in [5.74, 6) is -2.64. The molecule has 8 nitrogen and oxygen atoms in total. The van der Waals surface area contributed by atoms with Crippen LogP contribution in [-0.4, -0.2) is 53.8 Å². The van der Waals surface area contributed by atoms with Crippen molar-refractivity contribution in [3.05, 3.63) is 35.9 Å². The van der Waals surface area contributed by atoms with E-state index in [1.54, 1.807) is 4.90 Å². The molecule has 2 fully saturated rings. The van der Waals surface area contributed by atoms with E-state index in [1.165, 1.54) is 7.11 Å². The van der Waals surface area contributed by atoms with Gasteiger partial charge in [-0.2, -0.15) is 0 Å². The fourth-order valence-electron chi connectivity index (χ4n) is 3.62. The molecule has 27 heavy (non-hydrogen) atoms. The topological polar surface area (TPSA) is 96.0 Å². The van der Waals surface area contributed by atoms with Gasteiger partial charge in [-0.15, -0.1) is 0 Å². The van der Waals surface area contributed by atoms with Crippen LogP contribution in [0.15, 0.2) is 30.3 Å². The molecule has 1 aromatic rings. The molecule has 0 bridgehead atoms. The smallest absolute Gasteiger partial charge is 0.311 e. The van der Waals surface area contributed by atoms with Gasteiger partial charge >= 0.3 is 5.97 Å². The van der Waals surface area contributed by atoms with Gasteiger partial charge in [0, 0.05) is 19.4 Å². The molecule has 0 radical (unpaired) electrons. The van der Waals surface area contributed by atoms with E-state index in [2.05, 4.69) is 10.2 Å². The fraction of sp³-hybridized carbons (Fsp3) is 0.474. The van der Waals surface area contributed by atoms with Crippen LogP contribution in [0.5, 0.6) is 0 Å². The molecule has 0 aliphatic carbocycles. The Morgan fingerprint density at radius 3 is 2.48 bits per heavy atom. The van der Waals surface area contributed by atoms with Gasteiger partial charge in [-0.1, -0.05) is 30.3 Å². The second kappa shape index (κ2) is 7.77. The Morgan fingerprint density at radius 2 is 1.81 bits per heavy atom. The minimum Gasteiger partial charge on any atom is -0.469 e. The number of nitrogens with zero attached hydrogens (tertiary/aromatic N) is 2. The van der Waals surface area contributed by atoms with E-state index in [1.807, 2.05) is 37.3 Å². The lowest BCUT2D eigenvalue weighted by Gasteiger charge is -2.33. The third-order valence-electron chi connectivity index (χ3n) is 5.15. The normalized spacial score (nSPS) is 23.8. The molecule has 2 aliphatic rings. The first-order chi connectivity index (χ1) is 12.9. The summed E-state index contributed by atoms with van der Waals surface area (Å²) >= 11 is 0. The number of rotatable bonds is 4. The fourth-order valence-corrected chi connectivity index (χ4v) is 3.62. The molecule has 3 rings (SSSR count). The summed E-state index contributed by atoms with van der Waals surface area (Å²) in [5, 5.41) is 1.15. The summed E-state index contributed by atoms with van der Waals surface area (Å²) in [4.78, 5) is 50.6. The van der Waals surface area contributed by atoms with Crippen molar-refractivity contribution in [1.82, 2.24) is 15.3 Å².